The molecule has 21 heavy (non-hydrogen) atoms. The number of benzene rings is 2. The van der Waals surface area contributed by atoms with Gasteiger partial charge in [0, 0.05) is 5.56 Å². The number of rotatable bonds is 2. The minimum Gasteiger partial charge on any atom is -0.398 e. The second kappa shape index (κ2) is 5.52. The van der Waals surface area contributed by atoms with Gasteiger partial charge in [0.15, 0.2) is 5.82 Å². The van der Waals surface area contributed by atoms with Crippen LogP contribution in [0.15, 0.2) is 36.4 Å². The van der Waals surface area contributed by atoms with Gasteiger partial charge in [0.2, 0.25) is 0 Å². The van der Waals surface area contributed by atoms with Crippen molar-refractivity contribution in [2.24, 2.45) is 0 Å². The molecule has 1 heterocycles. The van der Waals surface area contributed by atoms with Crippen LogP contribution in [0.1, 0.15) is 0 Å². The SMILES string of the molecule is Nc1cc(-c2nnnn2-c2ccc(Cl)c(Cl)c2)ccc1Cl. The molecule has 0 spiro atoms. The molecule has 0 aliphatic carbocycles. The molecule has 0 aliphatic rings. The molecule has 0 aliphatic heterocycles. The molecule has 0 saturated carbocycles. The number of nitrogens with zero attached hydrogens (tertiary/aromatic N) is 4. The highest BCUT2D eigenvalue weighted by molar-refractivity contribution is 6.42. The summed E-state index contributed by atoms with van der Waals surface area (Å²) in [6.07, 6.45) is 0. The van der Waals surface area contributed by atoms with Crippen LogP contribution >= 0.6 is 34.8 Å². The molecule has 0 amide bonds. The first-order valence-electron chi connectivity index (χ1n) is 5.85. The Hall–Kier alpha value is -1.82. The largest absolute Gasteiger partial charge is 0.398 e. The van der Waals surface area contributed by atoms with Crippen molar-refractivity contribution in [3.05, 3.63) is 51.5 Å². The van der Waals surface area contributed by atoms with Gasteiger partial charge in [-0.2, -0.15) is 4.68 Å². The monoisotopic (exact) mass is 339 g/mol. The lowest BCUT2D eigenvalue weighted by molar-refractivity contribution is 0.791. The van der Waals surface area contributed by atoms with Crippen molar-refractivity contribution in [1.29, 1.82) is 0 Å². The van der Waals surface area contributed by atoms with Crippen molar-refractivity contribution < 1.29 is 0 Å². The fourth-order valence-electron chi connectivity index (χ4n) is 1.84. The van der Waals surface area contributed by atoms with E-state index in [1.54, 1.807) is 41.1 Å². The topological polar surface area (TPSA) is 69.6 Å². The molecule has 1 aromatic heterocycles. The first kappa shape index (κ1) is 14.1. The van der Waals surface area contributed by atoms with Gasteiger partial charge in [0.1, 0.15) is 0 Å². The van der Waals surface area contributed by atoms with E-state index in [2.05, 4.69) is 15.5 Å². The van der Waals surface area contributed by atoms with E-state index in [0.717, 1.165) is 5.56 Å². The van der Waals surface area contributed by atoms with E-state index in [0.29, 0.717) is 32.3 Å². The second-order valence-electron chi connectivity index (χ2n) is 4.25. The minimum absolute atomic E-state index is 0.422. The first-order chi connectivity index (χ1) is 10.1. The Morgan fingerprint density at radius 2 is 1.67 bits per heavy atom. The summed E-state index contributed by atoms with van der Waals surface area (Å²) in [7, 11) is 0. The maximum absolute atomic E-state index is 6.02. The molecule has 0 bridgehead atoms. The van der Waals surface area contributed by atoms with Crippen LogP contribution in [0.25, 0.3) is 17.1 Å². The molecule has 5 nitrogen and oxygen atoms in total. The molecule has 0 fully saturated rings. The zero-order valence-electron chi connectivity index (χ0n) is 10.5. The maximum atomic E-state index is 6.02. The summed E-state index contributed by atoms with van der Waals surface area (Å²) in [4.78, 5) is 0. The Labute approximate surface area is 135 Å². The third-order valence-electron chi connectivity index (χ3n) is 2.87. The van der Waals surface area contributed by atoms with Crippen LogP contribution in [0, 0.1) is 0 Å². The molecule has 0 unspecified atom stereocenters. The lowest BCUT2D eigenvalue weighted by Gasteiger charge is -2.07. The molecule has 0 radical (unpaired) electrons. The van der Waals surface area contributed by atoms with Crippen molar-refractivity contribution in [1.82, 2.24) is 20.2 Å². The molecule has 106 valence electrons. The Kier molecular flexibility index (Phi) is 3.71. The molecule has 0 saturated heterocycles. The van der Waals surface area contributed by atoms with Crippen molar-refractivity contribution in [2.75, 3.05) is 5.73 Å². The predicted octanol–water partition coefficient (Wildman–Crippen LogP) is 3.87. The van der Waals surface area contributed by atoms with Gasteiger partial charge in [-0.25, -0.2) is 0 Å². The first-order valence-corrected chi connectivity index (χ1v) is 6.99. The quantitative estimate of drug-likeness (QED) is 0.719. The van der Waals surface area contributed by atoms with E-state index < -0.39 is 0 Å². The Balaban J connectivity index is 2.12. The number of tetrazole rings is 1. The van der Waals surface area contributed by atoms with Crippen LogP contribution in [0.4, 0.5) is 5.69 Å². The lowest BCUT2D eigenvalue weighted by atomic mass is 10.2. The Bertz CT molecular complexity index is 749. The number of anilines is 1. The van der Waals surface area contributed by atoms with Crippen molar-refractivity contribution >= 4 is 40.5 Å². The minimum atomic E-state index is 0.422. The van der Waals surface area contributed by atoms with E-state index in [9.17, 15) is 0 Å². The number of aromatic nitrogens is 4. The van der Waals surface area contributed by atoms with Crippen LogP contribution in [-0.4, -0.2) is 20.2 Å². The highest BCUT2D eigenvalue weighted by Crippen LogP contribution is 2.28. The van der Waals surface area contributed by atoms with Gasteiger partial charge >= 0.3 is 0 Å². The number of nitrogen functional groups attached to an aromatic ring is 1. The summed E-state index contributed by atoms with van der Waals surface area (Å²) in [6.45, 7) is 0. The van der Waals surface area contributed by atoms with Gasteiger partial charge in [-0.15, -0.1) is 5.10 Å². The van der Waals surface area contributed by atoms with Gasteiger partial charge in [0.05, 0.1) is 26.4 Å². The molecule has 2 aromatic carbocycles. The van der Waals surface area contributed by atoms with E-state index >= 15 is 0 Å². The van der Waals surface area contributed by atoms with E-state index in [4.69, 9.17) is 40.5 Å². The molecule has 0 atom stereocenters. The highest BCUT2D eigenvalue weighted by Gasteiger charge is 2.13. The predicted molar refractivity (Wildman–Crippen MR) is 84.0 cm³/mol. The number of nitrogens with two attached hydrogens (primary N) is 1. The summed E-state index contributed by atoms with van der Waals surface area (Å²) in [6, 6.07) is 10.3. The third kappa shape index (κ3) is 2.68. The molecule has 2 N–H and O–H groups in total. The van der Waals surface area contributed by atoms with Crippen molar-refractivity contribution in [2.45, 2.75) is 0 Å². The normalized spacial score (nSPS) is 10.8. The zero-order chi connectivity index (χ0) is 15.0. The van der Waals surface area contributed by atoms with Crippen molar-refractivity contribution in [3.8, 4) is 17.1 Å². The van der Waals surface area contributed by atoms with Gasteiger partial charge in [-0.05, 0) is 46.8 Å². The van der Waals surface area contributed by atoms with E-state index in [1.165, 1.54) is 0 Å². The summed E-state index contributed by atoms with van der Waals surface area (Å²) in [5.41, 5.74) is 7.70. The van der Waals surface area contributed by atoms with Gasteiger partial charge in [-0.1, -0.05) is 34.8 Å². The number of hydrogen-bond acceptors (Lipinski definition) is 4. The van der Waals surface area contributed by atoms with Crippen molar-refractivity contribution in [3.63, 3.8) is 0 Å². The molecular weight excluding hydrogens is 333 g/mol. The van der Waals surface area contributed by atoms with E-state index in [1.807, 2.05) is 0 Å². The summed E-state index contributed by atoms with van der Waals surface area (Å²) in [5, 5.41) is 13.0. The lowest BCUT2D eigenvalue weighted by Crippen LogP contribution is -2.00. The molecule has 8 heteroatoms. The average molecular weight is 341 g/mol. The standard InChI is InChI=1S/C13H8Cl3N5/c14-9-4-2-8(6-11(9)16)21-13(18-19-20-21)7-1-3-10(15)12(17)5-7/h1-6H,17H2. The van der Waals surface area contributed by atoms with Crippen LogP contribution in [0.5, 0.6) is 0 Å². The fourth-order valence-corrected chi connectivity index (χ4v) is 2.25. The maximum Gasteiger partial charge on any atom is 0.187 e. The molecule has 3 aromatic rings. The van der Waals surface area contributed by atoms with E-state index in [-0.39, 0.29) is 0 Å². The Morgan fingerprint density at radius 3 is 2.38 bits per heavy atom. The number of hydrogen-bond donors (Lipinski definition) is 1. The summed E-state index contributed by atoms with van der Waals surface area (Å²) in [5.74, 6) is 0.525. The van der Waals surface area contributed by atoms with Gasteiger partial charge < -0.3 is 5.73 Å². The van der Waals surface area contributed by atoms with Crippen LogP contribution < -0.4 is 5.73 Å². The average Bonchev–Trinajstić information content (AvgIpc) is 2.94. The van der Waals surface area contributed by atoms with Crippen LogP contribution in [-0.2, 0) is 0 Å². The summed E-state index contributed by atoms with van der Waals surface area (Å²) >= 11 is 17.9. The smallest absolute Gasteiger partial charge is 0.187 e. The highest BCUT2D eigenvalue weighted by atomic mass is 35.5. The number of halogens is 3. The fraction of sp³-hybridized carbons (Fsp3) is 0. The van der Waals surface area contributed by atoms with Crippen LogP contribution in [0.3, 0.4) is 0 Å². The van der Waals surface area contributed by atoms with Gasteiger partial charge in [0.25, 0.3) is 0 Å². The second-order valence-corrected chi connectivity index (χ2v) is 5.47. The van der Waals surface area contributed by atoms with Gasteiger partial charge in [-0.3, -0.25) is 0 Å². The zero-order valence-corrected chi connectivity index (χ0v) is 12.7. The Morgan fingerprint density at radius 1 is 0.905 bits per heavy atom. The molecule has 3 rings (SSSR count). The third-order valence-corrected chi connectivity index (χ3v) is 3.95. The van der Waals surface area contributed by atoms with Crippen LogP contribution in [0.2, 0.25) is 15.1 Å². The summed E-state index contributed by atoms with van der Waals surface area (Å²) < 4.78 is 1.55. The molecular formula is C13H8Cl3N5.